The van der Waals surface area contributed by atoms with E-state index in [0.717, 1.165) is 33.6 Å². The molecule has 0 aliphatic heterocycles. The second kappa shape index (κ2) is 6.49. The zero-order chi connectivity index (χ0) is 16.4. The van der Waals surface area contributed by atoms with Crippen molar-refractivity contribution < 1.29 is 4.74 Å². The Morgan fingerprint density at radius 3 is 2.83 bits per heavy atom. The fourth-order valence-corrected chi connectivity index (χ4v) is 3.14. The maximum absolute atomic E-state index is 5.67. The normalized spacial score (nSPS) is 11.2. The number of para-hydroxylation sites is 1. The van der Waals surface area contributed by atoms with Crippen LogP contribution < -0.4 is 4.74 Å². The monoisotopic (exact) mass is 336 g/mol. The van der Waals surface area contributed by atoms with E-state index in [-0.39, 0.29) is 0 Å². The summed E-state index contributed by atoms with van der Waals surface area (Å²) in [6.45, 7) is 2.66. The van der Waals surface area contributed by atoms with E-state index >= 15 is 0 Å². The fraction of sp³-hybridized carbons (Fsp3) is 0.167. The topological polar surface area (TPSA) is 63.7 Å². The molecule has 2 heterocycles. The Morgan fingerprint density at radius 2 is 1.96 bits per heavy atom. The lowest BCUT2D eigenvalue weighted by Crippen LogP contribution is -2.01. The molecule has 5 nitrogen and oxygen atoms in total. The van der Waals surface area contributed by atoms with E-state index in [2.05, 4.69) is 45.3 Å². The van der Waals surface area contributed by atoms with Crippen LogP contribution in [0, 0.1) is 6.92 Å². The molecule has 2 aromatic heterocycles. The Bertz CT molecular complexity index is 984. The number of fused-ring (bicyclic) bond motifs is 3. The highest BCUT2D eigenvalue weighted by molar-refractivity contribution is 7.99. The number of H-pyrrole nitrogens is 1. The Kier molecular flexibility index (Phi) is 4.04. The molecule has 0 aliphatic carbocycles. The van der Waals surface area contributed by atoms with Crippen LogP contribution >= 0.6 is 11.8 Å². The SMILES string of the molecule is Cc1ccc2[nH]c3nc(SCCOc4ccccc4)nnc3c2c1. The molecule has 0 saturated carbocycles. The van der Waals surface area contributed by atoms with E-state index in [9.17, 15) is 0 Å². The standard InChI is InChI=1S/C18H16N4OS/c1-12-7-8-15-14(11-12)16-17(19-15)20-18(22-21-16)24-10-9-23-13-5-3-2-4-6-13/h2-8,11H,9-10H2,1H3,(H,19,20,22). The molecule has 120 valence electrons. The van der Waals surface area contributed by atoms with E-state index in [0.29, 0.717) is 11.8 Å². The van der Waals surface area contributed by atoms with Crippen molar-refractivity contribution in [2.75, 3.05) is 12.4 Å². The van der Waals surface area contributed by atoms with Gasteiger partial charge in [-0.15, -0.1) is 10.2 Å². The van der Waals surface area contributed by atoms with Crippen LogP contribution in [0.5, 0.6) is 5.75 Å². The largest absolute Gasteiger partial charge is 0.493 e. The maximum Gasteiger partial charge on any atom is 0.211 e. The zero-order valence-corrected chi connectivity index (χ0v) is 14.0. The summed E-state index contributed by atoms with van der Waals surface area (Å²) in [5, 5.41) is 10.3. The van der Waals surface area contributed by atoms with Crippen molar-refractivity contribution in [3.63, 3.8) is 0 Å². The number of aryl methyl sites for hydroxylation is 1. The van der Waals surface area contributed by atoms with Crippen molar-refractivity contribution in [1.82, 2.24) is 20.2 Å². The van der Waals surface area contributed by atoms with Crippen molar-refractivity contribution >= 4 is 33.8 Å². The lowest BCUT2D eigenvalue weighted by atomic mass is 10.2. The number of hydrogen-bond donors (Lipinski definition) is 1. The third-order valence-electron chi connectivity index (χ3n) is 3.68. The minimum absolute atomic E-state index is 0.599. The van der Waals surface area contributed by atoms with Crippen LogP contribution in [0.1, 0.15) is 5.56 Å². The summed E-state index contributed by atoms with van der Waals surface area (Å²) in [7, 11) is 0. The van der Waals surface area contributed by atoms with Gasteiger partial charge in [-0.1, -0.05) is 41.6 Å². The Morgan fingerprint density at radius 1 is 1.08 bits per heavy atom. The fourth-order valence-electron chi connectivity index (χ4n) is 2.54. The van der Waals surface area contributed by atoms with Gasteiger partial charge < -0.3 is 9.72 Å². The van der Waals surface area contributed by atoms with E-state index in [1.165, 1.54) is 17.3 Å². The third-order valence-corrected chi connectivity index (χ3v) is 4.48. The van der Waals surface area contributed by atoms with Gasteiger partial charge in [0.2, 0.25) is 5.16 Å². The second-order valence-electron chi connectivity index (χ2n) is 5.48. The van der Waals surface area contributed by atoms with Gasteiger partial charge in [-0.2, -0.15) is 0 Å². The summed E-state index contributed by atoms with van der Waals surface area (Å²) in [6, 6.07) is 16.0. The average molecular weight is 336 g/mol. The minimum Gasteiger partial charge on any atom is -0.493 e. The van der Waals surface area contributed by atoms with Crippen LogP contribution in [0.15, 0.2) is 53.7 Å². The van der Waals surface area contributed by atoms with Crippen LogP contribution in [0.25, 0.3) is 22.1 Å². The molecule has 1 N–H and O–H groups in total. The second-order valence-corrected chi connectivity index (χ2v) is 6.54. The molecule has 6 heteroatoms. The summed E-state index contributed by atoms with van der Waals surface area (Å²) in [5.74, 6) is 1.64. The highest BCUT2D eigenvalue weighted by atomic mass is 32.2. The summed E-state index contributed by atoms with van der Waals surface area (Å²) in [6.07, 6.45) is 0. The smallest absolute Gasteiger partial charge is 0.211 e. The third kappa shape index (κ3) is 3.05. The lowest BCUT2D eigenvalue weighted by Gasteiger charge is -2.04. The van der Waals surface area contributed by atoms with Crippen LogP contribution in [-0.2, 0) is 0 Å². The molecule has 0 spiro atoms. The quantitative estimate of drug-likeness (QED) is 0.441. The van der Waals surface area contributed by atoms with Crippen LogP contribution in [0.3, 0.4) is 0 Å². The predicted octanol–water partition coefficient (Wildman–Crippen LogP) is 3.99. The van der Waals surface area contributed by atoms with Gasteiger partial charge in [-0.25, -0.2) is 4.98 Å². The first-order valence-corrected chi connectivity index (χ1v) is 8.71. The molecule has 0 atom stereocenters. The van der Waals surface area contributed by atoms with Gasteiger partial charge in [0.05, 0.1) is 6.61 Å². The molecule has 0 amide bonds. The molecule has 0 unspecified atom stereocenters. The van der Waals surface area contributed by atoms with Crippen molar-refractivity contribution in [3.8, 4) is 5.75 Å². The first kappa shape index (κ1) is 15.0. The number of aromatic amines is 1. The zero-order valence-electron chi connectivity index (χ0n) is 13.2. The first-order chi connectivity index (χ1) is 11.8. The van der Waals surface area contributed by atoms with E-state index in [1.54, 1.807) is 0 Å². The van der Waals surface area contributed by atoms with E-state index < -0.39 is 0 Å². The highest BCUT2D eigenvalue weighted by Crippen LogP contribution is 2.24. The first-order valence-electron chi connectivity index (χ1n) is 7.73. The van der Waals surface area contributed by atoms with Gasteiger partial charge in [-0.05, 0) is 31.2 Å². The average Bonchev–Trinajstić information content (AvgIpc) is 2.97. The number of benzene rings is 2. The molecular weight excluding hydrogens is 320 g/mol. The van der Waals surface area contributed by atoms with Gasteiger partial charge in [-0.3, -0.25) is 0 Å². The molecule has 0 aliphatic rings. The Balaban J connectivity index is 1.46. The molecule has 24 heavy (non-hydrogen) atoms. The van der Waals surface area contributed by atoms with Crippen molar-refractivity contribution in [1.29, 1.82) is 0 Å². The molecule has 4 aromatic rings. The van der Waals surface area contributed by atoms with Crippen LogP contribution in [0.2, 0.25) is 0 Å². The molecule has 0 saturated heterocycles. The van der Waals surface area contributed by atoms with Crippen molar-refractivity contribution in [2.45, 2.75) is 12.1 Å². The molecule has 0 fully saturated rings. The predicted molar refractivity (Wildman–Crippen MR) is 96.6 cm³/mol. The van der Waals surface area contributed by atoms with Gasteiger partial charge in [0, 0.05) is 16.7 Å². The number of ether oxygens (including phenoxy) is 1. The van der Waals surface area contributed by atoms with E-state index in [1.807, 2.05) is 30.3 Å². The highest BCUT2D eigenvalue weighted by Gasteiger charge is 2.09. The van der Waals surface area contributed by atoms with Gasteiger partial charge in [0.25, 0.3) is 0 Å². The molecule has 4 rings (SSSR count). The van der Waals surface area contributed by atoms with Gasteiger partial charge in [0.15, 0.2) is 5.65 Å². The van der Waals surface area contributed by atoms with Crippen molar-refractivity contribution in [3.05, 3.63) is 54.1 Å². The number of thioether (sulfide) groups is 1. The Hall–Kier alpha value is -2.60. The number of aromatic nitrogens is 4. The van der Waals surface area contributed by atoms with Crippen molar-refractivity contribution in [2.24, 2.45) is 0 Å². The lowest BCUT2D eigenvalue weighted by molar-refractivity contribution is 0.344. The number of rotatable bonds is 5. The summed E-state index contributed by atoms with van der Waals surface area (Å²) < 4.78 is 5.67. The molecule has 2 aromatic carbocycles. The van der Waals surface area contributed by atoms with Gasteiger partial charge >= 0.3 is 0 Å². The maximum atomic E-state index is 5.67. The number of nitrogens with one attached hydrogen (secondary N) is 1. The number of hydrogen-bond acceptors (Lipinski definition) is 5. The minimum atomic E-state index is 0.599. The van der Waals surface area contributed by atoms with Crippen LogP contribution in [-0.4, -0.2) is 32.5 Å². The van der Waals surface area contributed by atoms with Crippen LogP contribution in [0.4, 0.5) is 0 Å². The summed E-state index contributed by atoms with van der Waals surface area (Å²) >= 11 is 1.54. The Labute approximate surface area is 143 Å². The van der Waals surface area contributed by atoms with Gasteiger partial charge in [0.1, 0.15) is 11.3 Å². The molecule has 0 radical (unpaired) electrons. The number of nitrogens with zero attached hydrogens (tertiary/aromatic N) is 3. The summed E-state index contributed by atoms with van der Waals surface area (Å²) in [4.78, 5) is 7.87. The molecular formula is C18H16N4OS. The molecule has 0 bridgehead atoms. The summed E-state index contributed by atoms with van der Waals surface area (Å²) in [5.41, 5.74) is 3.82. The van der Waals surface area contributed by atoms with E-state index in [4.69, 9.17) is 4.74 Å².